The third kappa shape index (κ3) is 2.62. The minimum atomic E-state index is -0.668. The van der Waals surface area contributed by atoms with E-state index >= 15 is 0 Å². The fourth-order valence-corrected chi connectivity index (χ4v) is 1.54. The summed E-state index contributed by atoms with van der Waals surface area (Å²) in [6, 6.07) is 2.92. The van der Waals surface area contributed by atoms with Crippen molar-refractivity contribution in [3.05, 3.63) is 39.6 Å². The van der Waals surface area contributed by atoms with E-state index in [0.29, 0.717) is 0 Å². The van der Waals surface area contributed by atoms with Crippen molar-refractivity contribution in [1.82, 2.24) is 4.98 Å². The lowest BCUT2D eigenvalue weighted by molar-refractivity contribution is -0.499. The van der Waals surface area contributed by atoms with Gasteiger partial charge in [0.2, 0.25) is 5.76 Å². The summed E-state index contributed by atoms with van der Waals surface area (Å²) in [5, 5.41) is 10.4. The zero-order chi connectivity index (χ0) is 14.0. The summed E-state index contributed by atoms with van der Waals surface area (Å²) in [6.07, 6.45) is 0. The highest BCUT2D eigenvalue weighted by Crippen LogP contribution is 2.27. The van der Waals surface area contributed by atoms with Crippen molar-refractivity contribution in [3.63, 3.8) is 0 Å². The third-order valence-electron chi connectivity index (χ3n) is 2.28. The van der Waals surface area contributed by atoms with E-state index in [1.54, 1.807) is 6.92 Å². The Hall–Kier alpha value is -2.64. The van der Waals surface area contributed by atoms with Gasteiger partial charge in [-0.25, -0.2) is 9.78 Å². The second kappa shape index (κ2) is 4.92. The summed E-state index contributed by atoms with van der Waals surface area (Å²) in [5.41, 5.74) is -0.0259. The zero-order valence-electron chi connectivity index (χ0n) is 10.2. The number of hydrogen-bond donors (Lipinski definition) is 0. The molecule has 2 aromatic heterocycles. The van der Waals surface area contributed by atoms with Crippen molar-refractivity contribution < 1.29 is 23.3 Å². The van der Waals surface area contributed by atoms with Gasteiger partial charge in [-0.1, -0.05) is 0 Å². The minimum Gasteiger partial charge on any atom is -0.464 e. The molecule has 0 aromatic carbocycles. The lowest BCUT2D eigenvalue weighted by atomic mass is 10.3. The number of aromatic nitrogens is 1. The maximum absolute atomic E-state index is 11.5. The number of rotatable bonds is 4. The molecule has 0 N–H and O–H groups in total. The highest BCUT2D eigenvalue weighted by molar-refractivity contribution is 5.92. The largest absolute Gasteiger partial charge is 0.464 e. The van der Waals surface area contributed by atoms with Crippen LogP contribution in [0, 0.1) is 17.0 Å². The van der Waals surface area contributed by atoms with Crippen molar-refractivity contribution in [1.29, 1.82) is 0 Å². The minimum absolute atomic E-state index is 0.0259. The Morgan fingerprint density at radius 3 is 2.84 bits per heavy atom. The molecule has 2 heterocycles. The smallest absolute Gasteiger partial charge is 0.360 e. The van der Waals surface area contributed by atoms with Crippen LogP contribution in [0.25, 0.3) is 11.5 Å². The van der Waals surface area contributed by atoms with Gasteiger partial charge in [0.05, 0.1) is 7.11 Å². The van der Waals surface area contributed by atoms with E-state index in [0.717, 1.165) is 0 Å². The SMILES string of the molecule is COC(=O)c1nc(C)oc1-c1ccc(C[N+](=O)[O-])o1. The predicted molar refractivity (Wildman–Crippen MR) is 61.0 cm³/mol. The molecule has 19 heavy (non-hydrogen) atoms. The molecule has 0 saturated carbocycles. The normalized spacial score (nSPS) is 10.4. The van der Waals surface area contributed by atoms with Crippen LogP contribution in [0.2, 0.25) is 0 Å². The average Bonchev–Trinajstić information content (AvgIpc) is 2.94. The predicted octanol–water partition coefficient (Wildman–Crippen LogP) is 1.81. The Bertz CT molecular complexity index is 627. The van der Waals surface area contributed by atoms with E-state index in [1.807, 2.05) is 0 Å². The zero-order valence-corrected chi connectivity index (χ0v) is 10.2. The van der Waals surface area contributed by atoms with Crippen molar-refractivity contribution in [3.8, 4) is 11.5 Å². The number of nitro groups is 1. The van der Waals surface area contributed by atoms with Crippen LogP contribution < -0.4 is 0 Å². The molecule has 0 bridgehead atoms. The maximum Gasteiger partial charge on any atom is 0.360 e. The molecular weight excluding hydrogens is 256 g/mol. The summed E-state index contributed by atoms with van der Waals surface area (Å²) in [4.78, 5) is 25.3. The molecule has 2 aromatic rings. The molecule has 0 aliphatic carbocycles. The maximum atomic E-state index is 11.5. The highest BCUT2D eigenvalue weighted by Gasteiger charge is 2.23. The molecule has 2 rings (SSSR count). The van der Waals surface area contributed by atoms with Crippen LogP contribution in [0.15, 0.2) is 21.0 Å². The van der Waals surface area contributed by atoms with Crippen LogP contribution in [-0.4, -0.2) is 23.0 Å². The Labute approximate surface area is 107 Å². The van der Waals surface area contributed by atoms with E-state index in [4.69, 9.17) is 8.83 Å². The molecule has 0 aliphatic heterocycles. The molecular formula is C11H10N2O6. The lowest BCUT2D eigenvalue weighted by Gasteiger charge is -1.96. The molecule has 0 radical (unpaired) electrons. The molecule has 0 amide bonds. The summed E-state index contributed by atoms with van der Waals surface area (Å²) in [5.74, 6) is 0.0448. The van der Waals surface area contributed by atoms with Crippen LogP contribution in [0.5, 0.6) is 0 Å². The van der Waals surface area contributed by atoms with Crippen molar-refractivity contribution in [2.24, 2.45) is 0 Å². The molecule has 100 valence electrons. The molecule has 8 heteroatoms. The second-order valence-electron chi connectivity index (χ2n) is 3.66. The summed E-state index contributed by atoms with van der Waals surface area (Å²) < 4.78 is 15.1. The van der Waals surface area contributed by atoms with Crippen molar-refractivity contribution in [2.75, 3.05) is 7.11 Å². The van der Waals surface area contributed by atoms with E-state index < -0.39 is 17.4 Å². The number of oxazole rings is 1. The third-order valence-corrected chi connectivity index (χ3v) is 2.28. The molecule has 0 aliphatic rings. The quantitative estimate of drug-likeness (QED) is 0.471. The van der Waals surface area contributed by atoms with Crippen LogP contribution in [-0.2, 0) is 11.3 Å². The van der Waals surface area contributed by atoms with Gasteiger partial charge in [-0.2, -0.15) is 0 Å². The number of hydrogen-bond acceptors (Lipinski definition) is 7. The van der Waals surface area contributed by atoms with Gasteiger partial charge in [0.25, 0.3) is 6.54 Å². The number of ether oxygens (including phenoxy) is 1. The van der Waals surface area contributed by atoms with Gasteiger partial charge in [0.15, 0.2) is 23.1 Å². The molecule has 0 unspecified atom stereocenters. The van der Waals surface area contributed by atoms with Gasteiger partial charge in [0.1, 0.15) is 0 Å². The first kappa shape index (κ1) is 12.8. The van der Waals surface area contributed by atoms with Gasteiger partial charge in [-0.3, -0.25) is 10.1 Å². The van der Waals surface area contributed by atoms with Crippen LogP contribution in [0.1, 0.15) is 22.1 Å². The number of esters is 1. The number of aryl methyl sites for hydroxylation is 1. The molecule has 8 nitrogen and oxygen atoms in total. The number of methoxy groups -OCH3 is 1. The summed E-state index contributed by atoms with van der Waals surface area (Å²) >= 11 is 0. The van der Waals surface area contributed by atoms with Gasteiger partial charge in [-0.15, -0.1) is 0 Å². The summed E-state index contributed by atoms with van der Waals surface area (Å²) in [7, 11) is 1.22. The van der Waals surface area contributed by atoms with Crippen molar-refractivity contribution >= 4 is 5.97 Å². The van der Waals surface area contributed by atoms with Gasteiger partial charge >= 0.3 is 5.97 Å². The Balaban J connectivity index is 2.38. The number of carbonyl (C=O) groups excluding carboxylic acids is 1. The fourth-order valence-electron chi connectivity index (χ4n) is 1.54. The average molecular weight is 266 g/mol. The molecule has 0 spiro atoms. The topological polar surface area (TPSA) is 109 Å². The van der Waals surface area contributed by atoms with Crippen LogP contribution in [0.3, 0.4) is 0 Å². The van der Waals surface area contributed by atoms with Gasteiger partial charge < -0.3 is 13.6 Å². The first-order chi connectivity index (χ1) is 9.01. The number of carbonyl (C=O) groups is 1. The standard InChI is InChI=1S/C11H10N2O6/c1-6-12-9(11(14)17-2)10(18-6)8-4-3-7(19-8)5-13(15)16/h3-4H,5H2,1-2H3. The monoisotopic (exact) mass is 266 g/mol. The molecule has 0 atom stereocenters. The van der Waals surface area contributed by atoms with Gasteiger partial charge in [0, 0.05) is 11.8 Å². The van der Waals surface area contributed by atoms with E-state index in [2.05, 4.69) is 9.72 Å². The number of nitrogens with zero attached hydrogens (tertiary/aromatic N) is 2. The van der Waals surface area contributed by atoms with Gasteiger partial charge in [-0.05, 0) is 12.1 Å². The van der Waals surface area contributed by atoms with Crippen molar-refractivity contribution in [2.45, 2.75) is 13.5 Å². The number of furan rings is 1. The first-order valence-corrected chi connectivity index (χ1v) is 5.28. The van der Waals surface area contributed by atoms with E-state index in [-0.39, 0.29) is 28.9 Å². The van der Waals surface area contributed by atoms with Crippen LogP contribution in [0.4, 0.5) is 0 Å². The van der Waals surface area contributed by atoms with E-state index in [1.165, 1.54) is 19.2 Å². The fraction of sp³-hybridized carbons (Fsp3) is 0.273. The van der Waals surface area contributed by atoms with E-state index in [9.17, 15) is 14.9 Å². The van der Waals surface area contributed by atoms with Crippen LogP contribution >= 0.6 is 0 Å². The Morgan fingerprint density at radius 1 is 1.47 bits per heavy atom. The Morgan fingerprint density at radius 2 is 2.21 bits per heavy atom. The first-order valence-electron chi connectivity index (χ1n) is 5.28. The molecule has 0 fully saturated rings. The lowest BCUT2D eigenvalue weighted by Crippen LogP contribution is -2.03. The second-order valence-corrected chi connectivity index (χ2v) is 3.66. The highest BCUT2D eigenvalue weighted by atomic mass is 16.6. The Kier molecular flexibility index (Phi) is 3.32. The summed E-state index contributed by atoms with van der Waals surface area (Å²) in [6.45, 7) is 1.12. The molecule has 0 saturated heterocycles.